The van der Waals surface area contributed by atoms with Crippen molar-refractivity contribution in [2.24, 2.45) is 7.05 Å². The highest BCUT2D eigenvalue weighted by Gasteiger charge is 2.10. The molecule has 13 heavy (non-hydrogen) atoms. The Bertz CT molecular complexity index is 475. The van der Waals surface area contributed by atoms with Crippen LogP contribution in [0.1, 0.15) is 10.6 Å². The van der Waals surface area contributed by atoms with Crippen LogP contribution in [-0.2, 0) is 7.05 Å². The highest BCUT2D eigenvalue weighted by molar-refractivity contribution is 5.86. The molecule has 0 amide bonds. The van der Waals surface area contributed by atoms with Crippen LogP contribution < -0.4 is 5.73 Å². The summed E-state index contributed by atoms with van der Waals surface area (Å²) in [6.07, 6.45) is 1.97. The van der Waals surface area contributed by atoms with Gasteiger partial charge >= 0.3 is 0 Å². The summed E-state index contributed by atoms with van der Waals surface area (Å²) < 4.78 is 1.57. The molecule has 0 bridgehead atoms. The Hall–Kier alpha value is -1.98. The molecule has 0 saturated heterocycles. The molecule has 0 atom stereocenters. The van der Waals surface area contributed by atoms with Crippen LogP contribution in [0.5, 0.6) is 0 Å². The van der Waals surface area contributed by atoms with Gasteiger partial charge in [0, 0.05) is 7.05 Å². The Labute approximate surface area is 73.4 Å². The fourth-order valence-electron chi connectivity index (χ4n) is 1.19. The first-order chi connectivity index (χ1) is 6.24. The molecular formula is C7H7N5O. The van der Waals surface area contributed by atoms with Crippen LogP contribution in [-0.4, -0.2) is 25.8 Å². The van der Waals surface area contributed by atoms with Gasteiger partial charge < -0.3 is 10.3 Å². The number of aryl methyl sites for hydroxylation is 1. The van der Waals surface area contributed by atoms with Crippen LogP contribution in [0, 0.1) is 0 Å². The quantitative estimate of drug-likeness (QED) is 0.607. The van der Waals surface area contributed by atoms with E-state index in [-0.39, 0.29) is 0 Å². The Balaban J connectivity index is 2.92. The summed E-state index contributed by atoms with van der Waals surface area (Å²) in [4.78, 5) is 22.2. The van der Waals surface area contributed by atoms with Gasteiger partial charge in [0.15, 0.2) is 23.6 Å². The zero-order valence-corrected chi connectivity index (χ0v) is 6.93. The summed E-state index contributed by atoms with van der Waals surface area (Å²) in [7, 11) is 1.69. The van der Waals surface area contributed by atoms with E-state index in [0.717, 1.165) is 0 Å². The molecule has 0 aliphatic heterocycles. The fourth-order valence-corrected chi connectivity index (χ4v) is 1.19. The molecule has 0 unspecified atom stereocenters. The normalized spacial score (nSPS) is 10.5. The Morgan fingerprint density at radius 3 is 2.92 bits per heavy atom. The van der Waals surface area contributed by atoms with Crippen LogP contribution >= 0.6 is 0 Å². The van der Waals surface area contributed by atoms with E-state index in [1.807, 2.05) is 0 Å². The highest BCUT2D eigenvalue weighted by Crippen LogP contribution is 2.15. The van der Waals surface area contributed by atoms with Crippen molar-refractivity contribution in [2.45, 2.75) is 0 Å². The van der Waals surface area contributed by atoms with Crippen molar-refractivity contribution >= 4 is 23.3 Å². The van der Waals surface area contributed by atoms with E-state index in [2.05, 4.69) is 15.0 Å². The molecule has 0 aliphatic rings. The zero-order chi connectivity index (χ0) is 9.42. The van der Waals surface area contributed by atoms with Crippen molar-refractivity contribution < 1.29 is 4.79 Å². The molecule has 0 fully saturated rings. The number of carbonyl (C=O) groups is 1. The van der Waals surface area contributed by atoms with Gasteiger partial charge in [-0.15, -0.1) is 0 Å². The first-order valence-electron chi connectivity index (χ1n) is 3.62. The molecule has 2 heterocycles. The summed E-state index contributed by atoms with van der Waals surface area (Å²) in [5.74, 6) is 0.621. The van der Waals surface area contributed by atoms with Gasteiger partial charge in [-0.25, -0.2) is 15.0 Å². The average molecular weight is 177 g/mol. The third-order valence-electron chi connectivity index (χ3n) is 1.84. The summed E-state index contributed by atoms with van der Waals surface area (Å²) in [6, 6.07) is 0. The number of rotatable bonds is 1. The maximum Gasteiger partial charge on any atom is 0.185 e. The van der Waals surface area contributed by atoms with Crippen molar-refractivity contribution in [2.75, 3.05) is 5.73 Å². The summed E-state index contributed by atoms with van der Waals surface area (Å²) in [5.41, 5.74) is 6.63. The maximum absolute atomic E-state index is 10.5. The largest absolute Gasteiger partial charge is 0.382 e. The molecule has 0 saturated carbocycles. The molecule has 6 heteroatoms. The summed E-state index contributed by atoms with van der Waals surface area (Å²) in [5, 5.41) is 0. The number of aldehydes is 1. The second kappa shape index (κ2) is 2.51. The second-order valence-electron chi connectivity index (χ2n) is 2.58. The standard InChI is InChI=1S/C7H7N5O/c1-12-4(2-13)11-7-5(12)6(8)9-3-10-7/h2-3H,1H3,(H2,8,9,10). The van der Waals surface area contributed by atoms with Gasteiger partial charge in [-0.1, -0.05) is 0 Å². The van der Waals surface area contributed by atoms with E-state index in [9.17, 15) is 4.79 Å². The van der Waals surface area contributed by atoms with E-state index >= 15 is 0 Å². The number of aromatic nitrogens is 4. The Kier molecular flexibility index (Phi) is 1.48. The van der Waals surface area contributed by atoms with Crippen LogP contribution in [0.25, 0.3) is 11.2 Å². The number of hydrogen-bond acceptors (Lipinski definition) is 5. The smallest absolute Gasteiger partial charge is 0.185 e. The van der Waals surface area contributed by atoms with Gasteiger partial charge in [-0.3, -0.25) is 4.79 Å². The topological polar surface area (TPSA) is 86.7 Å². The fraction of sp³-hybridized carbons (Fsp3) is 0.143. The van der Waals surface area contributed by atoms with Crippen LogP contribution in [0.3, 0.4) is 0 Å². The second-order valence-corrected chi connectivity index (χ2v) is 2.58. The third-order valence-corrected chi connectivity index (χ3v) is 1.84. The van der Waals surface area contributed by atoms with Gasteiger partial charge in [0.25, 0.3) is 0 Å². The van der Waals surface area contributed by atoms with Crippen molar-refractivity contribution in [3.8, 4) is 0 Å². The average Bonchev–Trinajstić information content (AvgIpc) is 2.44. The minimum absolute atomic E-state index is 0.294. The van der Waals surface area contributed by atoms with Crippen molar-refractivity contribution in [1.29, 1.82) is 0 Å². The minimum atomic E-state index is 0.294. The number of carbonyl (C=O) groups excluding carboxylic acids is 1. The van der Waals surface area contributed by atoms with Gasteiger partial charge in [0.1, 0.15) is 11.8 Å². The summed E-state index contributed by atoms with van der Waals surface area (Å²) >= 11 is 0. The number of anilines is 1. The molecule has 6 nitrogen and oxygen atoms in total. The lowest BCUT2D eigenvalue weighted by Gasteiger charge is -1.96. The monoisotopic (exact) mass is 177 g/mol. The molecule has 0 spiro atoms. The maximum atomic E-state index is 10.5. The number of imidazole rings is 1. The number of fused-ring (bicyclic) bond motifs is 1. The lowest BCUT2D eigenvalue weighted by molar-refractivity contribution is 0.111. The zero-order valence-electron chi connectivity index (χ0n) is 6.93. The third kappa shape index (κ3) is 0.952. The van der Waals surface area contributed by atoms with Crippen LogP contribution in [0.2, 0.25) is 0 Å². The molecular weight excluding hydrogens is 170 g/mol. The van der Waals surface area contributed by atoms with Crippen LogP contribution in [0.4, 0.5) is 5.82 Å². The van der Waals surface area contributed by atoms with Gasteiger partial charge in [0.05, 0.1) is 0 Å². The molecule has 0 radical (unpaired) electrons. The van der Waals surface area contributed by atoms with Gasteiger partial charge in [-0.05, 0) is 0 Å². The first-order valence-corrected chi connectivity index (χ1v) is 3.62. The first kappa shape index (κ1) is 7.66. The van der Waals surface area contributed by atoms with E-state index in [0.29, 0.717) is 29.1 Å². The molecule has 2 N–H and O–H groups in total. The highest BCUT2D eigenvalue weighted by atomic mass is 16.1. The van der Waals surface area contributed by atoms with E-state index in [1.54, 1.807) is 11.6 Å². The number of hydrogen-bond donors (Lipinski definition) is 1. The molecule has 0 aliphatic carbocycles. The lowest BCUT2D eigenvalue weighted by Crippen LogP contribution is -1.99. The predicted octanol–water partition coefficient (Wildman–Crippen LogP) is -0.242. The van der Waals surface area contributed by atoms with E-state index in [1.165, 1.54) is 6.33 Å². The van der Waals surface area contributed by atoms with Crippen molar-refractivity contribution in [3.63, 3.8) is 0 Å². The SMILES string of the molecule is Cn1c(C=O)nc2ncnc(N)c21. The number of nitrogens with two attached hydrogens (primary N) is 1. The predicted molar refractivity (Wildman–Crippen MR) is 46.1 cm³/mol. The Morgan fingerprint density at radius 2 is 2.31 bits per heavy atom. The Morgan fingerprint density at radius 1 is 1.54 bits per heavy atom. The van der Waals surface area contributed by atoms with E-state index < -0.39 is 0 Å². The molecule has 2 rings (SSSR count). The van der Waals surface area contributed by atoms with Gasteiger partial charge in [0.2, 0.25) is 0 Å². The molecule has 2 aromatic heterocycles. The molecule has 0 aromatic carbocycles. The van der Waals surface area contributed by atoms with E-state index in [4.69, 9.17) is 5.73 Å². The number of nitrogen functional groups attached to an aromatic ring is 1. The molecule has 2 aromatic rings. The lowest BCUT2D eigenvalue weighted by atomic mass is 10.5. The van der Waals surface area contributed by atoms with Crippen molar-refractivity contribution in [3.05, 3.63) is 12.2 Å². The van der Waals surface area contributed by atoms with Crippen molar-refractivity contribution in [1.82, 2.24) is 19.5 Å². The summed E-state index contributed by atoms with van der Waals surface area (Å²) in [6.45, 7) is 0. The minimum Gasteiger partial charge on any atom is -0.382 e. The van der Waals surface area contributed by atoms with Crippen LogP contribution in [0.15, 0.2) is 6.33 Å². The number of nitrogens with zero attached hydrogens (tertiary/aromatic N) is 4. The van der Waals surface area contributed by atoms with Gasteiger partial charge in [-0.2, -0.15) is 0 Å². The molecule has 66 valence electrons.